The highest BCUT2D eigenvalue weighted by Gasteiger charge is 2.15. The summed E-state index contributed by atoms with van der Waals surface area (Å²) >= 11 is 0. The molecule has 0 aliphatic heterocycles. The van der Waals surface area contributed by atoms with Crippen LogP contribution in [0.2, 0.25) is 0 Å². The van der Waals surface area contributed by atoms with Crippen molar-refractivity contribution in [2.24, 2.45) is 0 Å². The number of benzene rings is 1. The van der Waals surface area contributed by atoms with Crippen LogP contribution in [0.3, 0.4) is 0 Å². The van der Waals surface area contributed by atoms with Crippen molar-refractivity contribution in [3.8, 4) is 0 Å². The topological polar surface area (TPSA) is 64.4 Å². The van der Waals surface area contributed by atoms with Crippen LogP contribution in [0.1, 0.15) is 30.3 Å². The molecule has 0 aliphatic rings. The molecule has 5 nitrogen and oxygen atoms in total. The van der Waals surface area contributed by atoms with Gasteiger partial charge in [0, 0.05) is 13.5 Å². The molecule has 2 aromatic rings. The number of rotatable bonds is 6. The van der Waals surface area contributed by atoms with E-state index in [0.717, 1.165) is 28.8 Å². The zero-order valence-electron chi connectivity index (χ0n) is 13.0. The Kier molecular flexibility index (Phi) is 4.63. The Bertz CT molecular complexity index is 661. The van der Waals surface area contributed by atoms with Gasteiger partial charge >= 0.3 is 5.97 Å². The van der Waals surface area contributed by atoms with E-state index in [1.807, 2.05) is 32.9 Å². The van der Waals surface area contributed by atoms with Gasteiger partial charge < -0.3 is 14.4 Å². The Morgan fingerprint density at radius 2 is 2.05 bits per heavy atom. The number of aryl methyl sites for hydroxylation is 3. The zero-order chi connectivity index (χ0) is 15.6. The summed E-state index contributed by atoms with van der Waals surface area (Å²) in [4.78, 5) is 15.8. The molecular formula is C16H22N2O3. The Morgan fingerprint density at radius 1 is 1.38 bits per heavy atom. The Hall–Kier alpha value is -1.88. The monoisotopic (exact) mass is 290 g/mol. The van der Waals surface area contributed by atoms with Crippen LogP contribution in [0.4, 0.5) is 0 Å². The molecule has 1 N–H and O–H groups in total. The molecule has 114 valence electrons. The third-order valence-corrected chi connectivity index (χ3v) is 3.91. The van der Waals surface area contributed by atoms with E-state index in [9.17, 15) is 4.79 Å². The van der Waals surface area contributed by atoms with Crippen LogP contribution in [0, 0.1) is 13.8 Å². The maximum absolute atomic E-state index is 11.1. The van der Waals surface area contributed by atoms with Gasteiger partial charge in [0.05, 0.1) is 17.1 Å². The van der Waals surface area contributed by atoms with Gasteiger partial charge in [-0.25, -0.2) is 4.98 Å². The molecule has 0 spiro atoms. The molecule has 0 aliphatic carbocycles. The molecule has 1 aromatic carbocycles. The first-order valence-electron chi connectivity index (χ1n) is 7.13. The summed E-state index contributed by atoms with van der Waals surface area (Å²) in [6.45, 7) is 6.01. The number of nitrogens with zero attached hydrogens (tertiary/aromatic N) is 2. The second-order valence-corrected chi connectivity index (χ2v) is 5.52. The van der Waals surface area contributed by atoms with Crippen molar-refractivity contribution in [1.82, 2.24) is 9.55 Å². The van der Waals surface area contributed by atoms with Crippen molar-refractivity contribution < 1.29 is 14.6 Å². The van der Waals surface area contributed by atoms with Gasteiger partial charge in [-0.2, -0.15) is 0 Å². The van der Waals surface area contributed by atoms with Gasteiger partial charge in [-0.1, -0.05) is 0 Å². The summed E-state index contributed by atoms with van der Waals surface area (Å²) in [5.41, 5.74) is 4.06. The lowest BCUT2D eigenvalue weighted by molar-refractivity contribution is -0.137. The number of aliphatic carboxylic acids is 1. The standard InChI is InChI=1S/C16H22N2O3/c1-10-7-13-14(8-11(10)2)18(9-16(19)20)15(17-13)6-5-12(3)21-4/h7-8,12H,5-6,9H2,1-4H3,(H,19,20). The minimum Gasteiger partial charge on any atom is -0.480 e. The number of carboxylic acid groups (broad SMARTS) is 1. The maximum atomic E-state index is 11.1. The molecule has 21 heavy (non-hydrogen) atoms. The van der Waals surface area contributed by atoms with Crippen molar-refractivity contribution in [3.63, 3.8) is 0 Å². The smallest absolute Gasteiger partial charge is 0.323 e. The van der Waals surface area contributed by atoms with Gasteiger partial charge in [0.2, 0.25) is 0 Å². The number of methoxy groups -OCH3 is 1. The summed E-state index contributed by atoms with van der Waals surface area (Å²) in [6.07, 6.45) is 1.65. The fourth-order valence-electron chi connectivity index (χ4n) is 2.38. The quantitative estimate of drug-likeness (QED) is 0.888. The lowest BCUT2D eigenvalue weighted by Crippen LogP contribution is -2.14. The first-order valence-corrected chi connectivity index (χ1v) is 7.13. The Balaban J connectivity index is 2.44. The van der Waals surface area contributed by atoms with E-state index in [2.05, 4.69) is 4.98 Å². The molecule has 0 saturated carbocycles. The minimum absolute atomic E-state index is 0.0598. The fraction of sp³-hybridized carbons (Fsp3) is 0.500. The van der Waals surface area contributed by atoms with Crippen molar-refractivity contribution in [3.05, 3.63) is 29.1 Å². The second-order valence-electron chi connectivity index (χ2n) is 5.52. The molecule has 0 bridgehead atoms. The van der Waals surface area contributed by atoms with E-state index < -0.39 is 5.97 Å². The normalized spacial score (nSPS) is 12.8. The average molecular weight is 290 g/mol. The highest BCUT2D eigenvalue weighted by molar-refractivity contribution is 5.80. The molecule has 1 heterocycles. The molecule has 1 aromatic heterocycles. The van der Waals surface area contributed by atoms with Gasteiger partial charge in [-0.15, -0.1) is 0 Å². The number of carbonyl (C=O) groups is 1. The summed E-state index contributed by atoms with van der Waals surface area (Å²) in [7, 11) is 1.68. The van der Waals surface area contributed by atoms with E-state index in [1.54, 1.807) is 11.7 Å². The van der Waals surface area contributed by atoms with Crippen molar-refractivity contribution in [2.75, 3.05) is 7.11 Å². The number of hydrogen-bond donors (Lipinski definition) is 1. The molecule has 0 fully saturated rings. The van der Waals surface area contributed by atoms with E-state index in [1.165, 1.54) is 5.56 Å². The molecule has 1 atom stereocenters. The van der Waals surface area contributed by atoms with Crippen LogP contribution < -0.4 is 0 Å². The number of aromatic nitrogens is 2. The molecule has 2 rings (SSSR count). The second kappa shape index (κ2) is 6.26. The van der Waals surface area contributed by atoms with E-state index in [4.69, 9.17) is 9.84 Å². The Labute approximate surface area is 124 Å². The molecule has 0 amide bonds. The number of ether oxygens (including phenoxy) is 1. The minimum atomic E-state index is -0.853. The summed E-state index contributed by atoms with van der Waals surface area (Å²) in [5, 5.41) is 9.14. The van der Waals surface area contributed by atoms with E-state index in [-0.39, 0.29) is 12.6 Å². The van der Waals surface area contributed by atoms with E-state index in [0.29, 0.717) is 6.42 Å². The SMILES string of the molecule is COC(C)CCc1nc2cc(C)c(C)cc2n1CC(=O)O. The van der Waals surface area contributed by atoms with Crippen LogP contribution in [-0.4, -0.2) is 33.8 Å². The maximum Gasteiger partial charge on any atom is 0.323 e. The number of carboxylic acids is 1. The summed E-state index contributed by atoms with van der Waals surface area (Å²) in [6, 6.07) is 4.04. The summed E-state index contributed by atoms with van der Waals surface area (Å²) < 4.78 is 7.05. The summed E-state index contributed by atoms with van der Waals surface area (Å²) in [5.74, 6) is -0.0464. The highest BCUT2D eigenvalue weighted by Crippen LogP contribution is 2.22. The van der Waals surface area contributed by atoms with Gasteiger partial charge in [0.15, 0.2) is 0 Å². The predicted octanol–water partition coefficient (Wildman–Crippen LogP) is 2.71. The van der Waals surface area contributed by atoms with Gasteiger partial charge in [-0.05, 0) is 50.5 Å². The van der Waals surface area contributed by atoms with Crippen LogP contribution in [0.5, 0.6) is 0 Å². The first kappa shape index (κ1) is 15.5. The van der Waals surface area contributed by atoms with Crippen LogP contribution in [0.25, 0.3) is 11.0 Å². The fourth-order valence-corrected chi connectivity index (χ4v) is 2.38. The largest absolute Gasteiger partial charge is 0.480 e. The lowest BCUT2D eigenvalue weighted by Gasteiger charge is -2.10. The highest BCUT2D eigenvalue weighted by atomic mass is 16.5. The molecular weight excluding hydrogens is 268 g/mol. The number of fused-ring (bicyclic) bond motifs is 1. The van der Waals surface area contributed by atoms with E-state index >= 15 is 0 Å². The number of hydrogen-bond acceptors (Lipinski definition) is 3. The van der Waals surface area contributed by atoms with Crippen LogP contribution >= 0.6 is 0 Å². The van der Waals surface area contributed by atoms with Gasteiger partial charge in [0.1, 0.15) is 12.4 Å². The van der Waals surface area contributed by atoms with Crippen molar-refractivity contribution >= 4 is 17.0 Å². The lowest BCUT2D eigenvalue weighted by atomic mass is 10.1. The number of imidazole rings is 1. The Morgan fingerprint density at radius 3 is 2.67 bits per heavy atom. The average Bonchev–Trinajstić information content (AvgIpc) is 2.73. The molecule has 0 radical (unpaired) electrons. The van der Waals surface area contributed by atoms with Crippen LogP contribution in [0.15, 0.2) is 12.1 Å². The zero-order valence-corrected chi connectivity index (χ0v) is 13.0. The predicted molar refractivity (Wildman–Crippen MR) is 81.6 cm³/mol. The van der Waals surface area contributed by atoms with Gasteiger partial charge in [-0.3, -0.25) is 4.79 Å². The third kappa shape index (κ3) is 3.42. The van der Waals surface area contributed by atoms with Crippen LogP contribution in [-0.2, 0) is 22.5 Å². The molecule has 1 unspecified atom stereocenters. The molecule has 0 saturated heterocycles. The van der Waals surface area contributed by atoms with Gasteiger partial charge in [0.25, 0.3) is 0 Å². The third-order valence-electron chi connectivity index (χ3n) is 3.91. The first-order chi connectivity index (χ1) is 9.92. The molecule has 5 heteroatoms. The van der Waals surface area contributed by atoms with Crippen molar-refractivity contribution in [2.45, 2.75) is 46.3 Å². The van der Waals surface area contributed by atoms with Crippen molar-refractivity contribution in [1.29, 1.82) is 0 Å².